The van der Waals surface area contributed by atoms with Crippen LogP contribution in [-0.2, 0) is 0 Å². The molecule has 12 rings (SSSR count). The molecule has 11 aromatic rings. The number of fused-ring (bicyclic) bond motifs is 9. The summed E-state index contributed by atoms with van der Waals surface area (Å²) in [6, 6.07) is 72.1. The van der Waals surface area contributed by atoms with E-state index < -0.39 is 13.3 Å². The zero-order valence-corrected chi connectivity index (χ0v) is 32.9. The first kappa shape index (κ1) is 32.2. The average Bonchev–Trinajstić information content (AvgIpc) is 3.92. The van der Waals surface area contributed by atoms with Crippen molar-refractivity contribution >= 4 is 74.6 Å². The summed E-state index contributed by atoms with van der Waals surface area (Å²) in [7, 11) is 0. The van der Waals surface area contributed by atoms with Crippen molar-refractivity contribution < 1.29 is 4.42 Å². The third-order valence-electron chi connectivity index (χ3n) is 11.9. The number of rotatable bonds is 5. The molecule has 0 amide bonds. The van der Waals surface area contributed by atoms with Gasteiger partial charge in [0.15, 0.2) is 0 Å². The van der Waals surface area contributed by atoms with Crippen LogP contribution in [0.1, 0.15) is 0 Å². The minimum atomic E-state index is -3.68. The van der Waals surface area contributed by atoms with Crippen molar-refractivity contribution in [1.82, 2.24) is 14.5 Å². The van der Waals surface area contributed by atoms with E-state index in [-0.39, 0.29) is 0 Å². The number of hydrogen-bond acceptors (Lipinski definition) is 3. The molecule has 0 aliphatic carbocycles. The SMILES string of the molecule is c1ccc(-c2nc(-c3ccccc3-n3c4ccccc4c4cc5c(cc43)oc3ccccc35)nc3[c]2[Ge]([c]2ccccc2)([c]2ccccc2)[c]2ccccc2-3)cc1. The van der Waals surface area contributed by atoms with Crippen molar-refractivity contribution in [3.05, 3.63) is 200 Å². The van der Waals surface area contributed by atoms with Crippen LogP contribution in [0.15, 0.2) is 205 Å². The van der Waals surface area contributed by atoms with Crippen molar-refractivity contribution in [3.63, 3.8) is 0 Å². The first-order valence-electron chi connectivity index (χ1n) is 19.4. The molecule has 57 heavy (non-hydrogen) atoms. The Hall–Kier alpha value is -7.02. The van der Waals surface area contributed by atoms with Gasteiger partial charge in [0.05, 0.1) is 0 Å². The van der Waals surface area contributed by atoms with E-state index in [0.717, 1.165) is 61.2 Å². The Balaban J connectivity index is 1.18. The topological polar surface area (TPSA) is 43.9 Å². The van der Waals surface area contributed by atoms with Gasteiger partial charge in [0.25, 0.3) is 0 Å². The third kappa shape index (κ3) is 4.62. The molecular weight excluding hydrogens is 755 g/mol. The van der Waals surface area contributed by atoms with E-state index >= 15 is 0 Å². The summed E-state index contributed by atoms with van der Waals surface area (Å²) in [6.45, 7) is 0. The molecular formula is C52H33GeN3O. The van der Waals surface area contributed by atoms with Gasteiger partial charge < -0.3 is 0 Å². The molecule has 0 spiro atoms. The van der Waals surface area contributed by atoms with E-state index in [1.807, 2.05) is 12.1 Å². The molecule has 8 aromatic carbocycles. The number of hydrogen-bond donors (Lipinski definition) is 0. The van der Waals surface area contributed by atoms with E-state index in [9.17, 15) is 0 Å². The second-order valence-electron chi connectivity index (χ2n) is 14.8. The number of nitrogens with zero attached hydrogens (tertiary/aromatic N) is 3. The van der Waals surface area contributed by atoms with Crippen molar-refractivity contribution in [2.45, 2.75) is 0 Å². The van der Waals surface area contributed by atoms with Gasteiger partial charge in [0.1, 0.15) is 0 Å². The average molecular weight is 788 g/mol. The Bertz CT molecular complexity index is 3310. The molecule has 0 bridgehead atoms. The molecule has 0 unspecified atom stereocenters. The molecule has 4 nitrogen and oxygen atoms in total. The first-order valence-corrected chi connectivity index (χ1v) is 23.6. The summed E-state index contributed by atoms with van der Waals surface area (Å²) in [4.78, 5) is 11.4. The van der Waals surface area contributed by atoms with Crippen LogP contribution in [-0.4, -0.2) is 27.8 Å². The molecule has 0 N–H and O–H groups in total. The molecule has 1 aliphatic heterocycles. The molecule has 266 valence electrons. The third-order valence-corrected chi connectivity index (χ3v) is 22.1. The zero-order chi connectivity index (χ0) is 37.5. The summed E-state index contributed by atoms with van der Waals surface area (Å²) in [5, 5.41) is 4.61. The Morgan fingerprint density at radius 3 is 1.79 bits per heavy atom. The van der Waals surface area contributed by atoms with Crippen molar-refractivity contribution in [1.29, 1.82) is 0 Å². The molecule has 0 saturated heterocycles. The van der Waals surface area contributed by atoms with Gasteiger partial charge in [-0.2, -0.15) is 0 Å². The standard InChI is InChI=1S/C52H33GeN3O/c1-4-18-34(19-5-1)50-49-51(39-26-10-14-28-43(39)53(49,35-20-6-2-7-21-35)36-22-8-3-9-23-36)55-52(54-50)40-27-12-16-30-45(40)56-44-29-15-11-24-37(44)41-32-42-38-25-13-17-31-47(38)57-48(42)33-46(41)56/h1-33H. The fourth-order valence-electron chi connectivity index (χ4n) is 9.53. The van der Waals surface area contributed by atoms with E-state index in [1.165, 1.54) is 33.9 Å². The van der Waals surface area contributed by atoms with Gasteiger partial charge in [-0.25, -0.2) is 0 Å². The number of aromatic nitrogens is 3. The summed E-state index contributed by atoms with van der Waals surface area (Å²) < 4.78 is 14.2. The van der Waals surface area contributed by atoms with Gasteiger partial charge in [0, 0.05) is 0 Å². The predicted octanol–water partition coefficient (Wildman–Crippen LogP) is 10.2. The normalized spacial score (nSPS) is 13.1. The number of para-hydroxylation sites is 3. The van der Waals surface area contributed by atoms with Crippen LogP contribution in [0.5, 0.6) is 0 Å². The van der Waals surface area contributed by atoms with Crippen LogP contribution in [0, 0.1) is 0 Å². The molecule has 1 aliphatic rings. The van der Waals surface area contributed by atoms with Gasteiger partial charge >= 0.3 is 309 Å². The maximum atomic E-state index is 6.47. The Morgan fingerprint density at radius 2 is 1.02 bits per heavy atom. The van der Waals surface area contributed by atoms with Crippen molar-refractivity contribution in [2.75, 3.05) is 0 Å². The molecule has 5 heteroatoms. The van der Waals surface area contributed by atoms with Gasteiger partial charge in [-0.3, -0.25) is 0 Å². The second-order valence-corrected chi connectivity index (χ2v) is 22.6. The van der Waals surface area contributed by atoms with Crippen molar-refractivity contribution in [3.8, 4) is 39.6 Å². The van der Waals surface area contributed by atoms with E-state index in [4.69, 9.17) is 14.4 Å². The summed E-state index contributed by atoms with van der Waals surface area (Å²) in [5.41, 5.74) is 10.3. The predicted molar refractivity (Wildman–Crippen MR) is 237 cm³/mol. The quantitative estimate of drug-likeness (QED) is 0.163. The van der Waals surface area contributed by atoms with E-state index in [1.54, 1.807) is 0 Å². The minimum absolute atomic E-state index is 0.702. The summed E-state index contributed by atoms with van der Waals surface area (Å²) in [5.74, 6) is 0.702. The van der Waals surface area contributed by atoms with E-state index in [0.29, 0.717) is 5.82 Å². The first-order chi connectivity index (χ1) is 28.3. The Morgan fingerprint density at radius 1 is 0.421 bits per heavy atom. The fraction of sp³-hybridized carbons (Fsp3) is 0. The van der Waals surface area contributed by atoms with Crippen LogP contribution in [0.25, 0.3) is 83.3 Å². The monoisotopic (exact) mass is 789 g/mol. The van der Waals surface area contributed by atoms with Gasteiger partial charge in [-0.1, -0.05) is 18.2 Å². The van der Waals surface area contributed by atoms with Gasteiger partial charge in [-0.15, -0.1) is 0 Å². The number of furan rings is 1. The fourth-order valence-corrected chi connectivity index (χ4v) is 20.5. The van der Waals surface area contributed by atoms with Crippen LogP contribution in [0.2, 0.25) is 0 Å². The van der Waals surface area contributed by atoms with Crippen LogP contribution < -0.4 is 17.6 Å². The van der Waals surface area contributed by atoms with Crippen LogP contribution >= 0.6 is 0 Å². The van der Waals surface area contributed by atoms with Crippen molar-refractivity contribution in [2.24, 2.45) is 0 Å². The molecule has 0 atom stereocenters. The van der Waals surface area contributed by atoms with E-state index in [2.05, 4.69) is 193 Å². The molecule has 4 heterocycles. The Kier molecular flexibility index (Phi) is 7.07. The van der Waals surface area contributed by atoms with Crippen LogP contribution in [0.3, 0.4) is 0 Å². The van der Waals surface area contributed by atoms with Gasteiger partial charge in [-0.05, 0) is 6.07 Å². The maximum absolute atomic E-state index is 6.47. The summed E-state index contributed by atoms with van der Waals surface area (Å²) >= 11 is -3.68. The molecule has 0 fully saturated rings. The van der Waals surface area contributed by atoms with Gasteiger partial charge in [0.2, 0.25) is 0 Å². The zero-order valence-electron chi connectivity index (χ0n) is 30.8. The molecule has 0 saturated carbocycles. The second kappa shape index (κ2) is 12.5. The van der Waals surface area contributed by atoms with Crippen LogP contribution in [0.4, 0.5) is 0 Å². The Labute approximate surface area is 331 Å². The molecule has 0 radical (unpaired) electrons. The summed E-state index contributed by atoms with van der Waals surface area (Å²) in [6.07, 6.45) is 0. The molecule has 3 aromatic heterocycles. The number of benzene rings is 8.